The minimum Gasteiger partial charge on any atom is -0.378 e. The van der Waals surface area contributed by atoms with Gasteiger partial charge in [0.1, 0.15) is 0 Å². The van der Waals surface area contributed by atoms with Gasteiger partial charge in [0.05, 0.1) is 24.7 Å². The molecule has 1 saturated heterocycles. The van der Waals surface area contributed by atoms with E-state index in [1.165, 1.54) is 11.8 Å². The molecule has 0 bridgehead atoms. The number of fused-ring (bicyclic) bond motifs is 1. The number of hydrogen-bond acceptors (Lipinski definition) is 6. The second-order valence-electron chi connectivity index (χ2n) is 9.16. The van der Waals surface area contributed by atoms with Gasteiger partial charge >= 0.3 is 0 Å². The molecule has 1 aliphatic rings. The van der Waals surface area contributed by atoms with Crippen molar-refractivity contribution in [2.45, 2.75) is 12.1 Å². The maximum absolute atomic E-state index is 12.9. The highest BCUT2D eigenvalue weighted by atomic mass is 32.2. The number of aromatic nitrogens is 4. The summed E-state index contributed by atoms with van der Waals surface area (Å²) in [6.45, 7) is 5.31. The molecule has 1 aliphatic heterocycles. The lowest BCUT2D eigenvalue weighted by Gasteiger charge is -2.28. The van der Waals surface area contributed by atoms with Crippen molar-refractivity contribution >= 4 is 39.9 Å². The third-order valence-electron chi connectivity index (χ3n) is 6.68. The number of aromatic amines is 1. The number of carbonyl (C=O) groups excluding carboxylic acids is 1. The first-order chi connectivity index (χ1) is 18.7. The summed E-state index contributed by atoms with van der Waals surface area (Å²) in [5.41, 5.74) is 5.99. The van der Waals surface area contributed by atoms with Crippen LogP contribution in [-0.4, -0.2) is 57.7 Å². The Hall–Kier alpha value is -4.08. The van der Waals surface area contributed by atoms with Gasteiger partial charge in [-0.15, -0.1) is 10.2 Å². The van der Waals surface area contributed by atoms with E-state index in [0.717, 1.165) is 71.2 Å². The lowest BCUT2D eigenvalue weighted by Crippen LogP contribution is -2.36. The van der Waals surface area contributed by atoms with Crippen molar-refractivity contribution in [1.82, 2.24) is 19.7 Å². The molecule has 0 aliphatic carbocycles. The fourth-order valence-electron chi connectivity index (χ4n) is 4.73. The maximum Gasteiger partial charge on any atom is 0.234 e. The molecule has 0 atom stereocenters. The predicted octanol–water partition coefficient (Wildman–Crippen LogP) is 5.29. The Morgan fingerprint density at radius 3 is 2.58 bits per heavy atom. The van der Waals surface area contributed by atoms with Crippen LogP contribution in [0.15, 0.2) is 84.1 Å². The smallest absolute Gasteiger partial charge is 0.234 e. The number of thioether (sulfide) groups is 1. The third-order valence-corrected chi connectivity index (χ3v) is 7.61. The molecule has 0 unspecified atom stereocenters. The molecule has 1 fully saturated rings. The number of aryl methyl sites for hydroxylation is 1. The van der Waals surface area contributed by atoms with Gasteiger partial charge in [-0.05, 0) is 48.9 Å². The molecule has 9 heteroatoms. The summed E-state index contributed by atoms with van der Waals surface area (Å²) < 4.78 is 7.47. The van der Waals surface area contributed by atoms with Crippen LogP contribution in [0.1, 0.15) is 5.56 Å². The monoisotopic (exact) mass is 524 g/mol. The summed E-state index contributed by atoms with van der Waals surface area (Å²) in [5, 5.41) is 13.8. The molecule has 3 aromatic carbocycles. The Kier molecular flexibility index (Phi) is 6.85. The highest BCUT2D eigenvalue weighted by Gasteiger charge is 2.21. The molecular weight excluding hydrogens is 496 g/mol. The van der Waals surface area contributed by atoms with E-state index in [9.17, 15) is 4.79 Å². The second-order valence-corrected chi connectivity index (χ2v) is 10.1. The Labute approximate surface area is 225 Å². The third kappa shape index (κ3) is 4.90. The molecule has 6 rings (SSSR count). The average molecular weight is 525 g/mol. The largest absolute Gasteiger partial charge is 0.378 e. The highest BCUT2D eigenvalue weighted by Crippen LogP contribution is 2.33. The number of rotatable bonds is 7. The van der Waals surface area contributed by atoms with Crippen molar-refractivity contribution in [2.75, 3.05) is 42.3 Å². The number of hydrogen-bond donors (Lipinski definition) is 2. The molecule has 38 heavy (non-hydrogen) atoms. The van der Waals surface area contributed by atoms with Crippen molar-refractivity contribution in [3.63, 3.8) is 0 Å². The van der Waals surface area contributed by atoms with Gasteiger partial charge in [-0.25, -0.2) is 0 Å². The molecule has 0 spiro atoms. The molecule has 192 valence electrons. The molecule has 2 aromatic heterocycles. The lowest BCUT2D eigenvalue weighted by atomic mass is 10.1. The zero-order valence-electron chi connectivity index (χ0n) is 21.1. The minimum absolute atomic E-state index is 0.0953. The van der Waals surface area contributed by atoms with E-state index in [0.29, 0.717) is 5.16 Å². The van der Waals surface area contributed by atoms with Gasteiger partial charge in [-0.3, -0.25) is 9.36 Å². The number of anilines is 2. The highest BCUT2D eigenvalue weighted by molar-refractivity contribution is 7.99. The summed E-state index contributed by atoms with van der Waals surface area (Å²) in [6, 6.07) is 24.2. The maximum atomic E-state index is 12.9. The van der Waals surface area contributed by atoms with Crippen LogP contribution in [0, 0.1) is 6.92 Å². The number of para-hydroxylation sites is 2. The first kappa shape index (κ1) is 24.3. The average Bonchev–Trinajstić information content (AvgIpc) is 3.57. The van der Waals surface area contributed by atoms with Gasteiger partial charge in [0.15, 0.2) is 11.0 Å². The molecule has 5 aromatic rings. The zero-order chi connectivity index (χ0) is 25.9. The van der Waals surface area contributed by atoms with E-state index < -0.39 is 0 Å². The van der Waals surface area contributed by atoms with Crippen LogP contribution < -0.4 is 10.2 Å². The van der Waals surface area contributed by atoms with E-state index >= 15 is 0 Å². The molecule has 1 amide bonds. The van der Waals surface area contributed by atoms with Crippen molar-refractivity contribution in [2.24, 2.45) is 0 Å². The van der Waals surface area contributed by atoms with Crippen LogP contribution in [0.5, 0.6) is 0 Å². The van der Waals surface area contributed by atoms with Crippen LogP contribution in [0.3, 0.4) is 0 Å². The zero-order valence-corrected chi connectivity index (χ0v) is 21.9. The van der Waals surface area contributed by atoms with E-state index in [4.69, 9.17) is 4.74 Å². The number of morpholine rings is 1. The summed E-state index contributed by atoms with van der Waals surface area (Å²) >= 11 is 1.37. The van der Waals surface area contributed by atoms with Crippen molar-refractivity contribution in [1.29, 1.82) is 0 Å². The summed E-state index contributed by atoms with van der Waals surface area (Å²) in [6.07, 6.45) is 1.96. The molecule has 8 nitrogen and oxygen atoms in total. The van der Waals surface area contributed by atoms with Gasteiger partial charge in [-0.2, -0.15) is 0 Å². The number of nitrogens with one attached hydrogen (secondary N) is 2. The Morgan fingerprint density at radius 2 is 1.76 bits per heavy atom. The minimum atomic E-state index is -0.0953. The number of H-pyrrole nitrogens is 1. The van der Waals surface area contributed by atoms with Crippen LogP contribution in [-0.2, 0) is 9.53 Å². The van der Waals surface area contributed by atoms with Crippen LogP contribution >= 0.6 is 11.8 Å². The normalized spacial score (nSPS) is 13.7. The van der Waals surface area contributed by atoms with Crippen LogP contribution in [0.2, 0.25) is 0 Å². The van der Waals surface area contributed by atoms with E-state index in [2.05, 4.69) is 50.5 Å². The van der Waals surface area contributed by atoms with Gasteiger partial charge in [0.25, 0.3) is 0 Å². The van der Waals surface area contributed by atoms with E-state index in [1.807, 2.05) is 65.4 Å². The fourth-order valence-corrected chi connectivity index (χ4v) is 5.48. The van der Waals surface area contributed by atoms with Gasteiger partial charge in [-0.1, -0.05) is 48.2 Å². The number of nitrogens with zero attached hydrogens (tertiary/aromatic N) is 4. The summed E-state index contributed by atoms with van der Waals surface area (Å²) in [5.74, 6) is 0.851. The standard InChI is InChI=1S/C29H28N6O2S/c1-20-6-2-5-9-26(20)35-28(24-18-30-25-8-4-3-7-23(24)25)32-33-29(35)38-19-27(36)31-21-10-12-22(13-11-21)34-14-16-37-17-15-34/h2-13,18,30H,14-17,19H2,1H3,(H,31,36). The van der Waals surface area contributed by atoms with Gasteiger partial charge < -0.3 is 19.9 Å². The first-order valence-corrected chi connectivity index (χ1v) is 13.6. The number of ether oxygens (including phenoxy) is 1. The fraction of sp³-hybridized carbons (Fsp3) is 0.207. The van der Waals surface area contributed by atoms with Crippen LogP contribution in [0.25, 0.3) is 28.0 Å². The van der Waals surface area contributed by atoms with Crippen molar-refractivity contribution in [3.05, 3.63) is 84.6 Å². The number of benzene rings is 3. The molecular formula is C29H28N6O2S. The Morgan fingerprint density at radius 1 is 1.00 bits per heavy atom. The Bertz CT molecular complexity index is 1570. The number of amides is 1. The first-order valence-electron chi connectivity index (χ1n) is 12.6. The quantitative estimate of drug-likeness (QED) is 0.281. The second kappa shape index (κ2) is 10.7. The number of carbonyl (C=O) groups is 1. The summed E-state index contributed by atoms with van der Waals surface area (Å²) in [7, 11) is 0. The van der Waals surface area contributed by atoms with E-state index in [-0.39, 0.29) is 11.7 Å². The Balaban J connectivity index is 1.22. The molecule has 0 saturated carbocycles. The topological polar surface area (TPSA) is 88.1 Å². The predicted molar refractivity (Wildman–Crippen MR) is 152 cm³/mol. The summed E-state index contributed by atoms with van der Waals surface area (Å²) in [4.78, 5) is 18.5. The van der Waals surface area contributed by atoms with Gasteiger partial charge in [0.2, 0.25) is 5.91 Å². The van der Waals surface area contributed by atoms with Crippen LogP contribution in [0.4, 0.5) is 11.4 Å². The molecule has 3 heterocycles. The van der Waals surface area contributed by atoms with Crippen molar-refractivity contribution in [3.8, 4) is 17.1 Å². The molecule has 2 N–H and O–H groups in total. The van der Waals surface area contributed by atoms with E-state index in [1.54, 1.807) is 0 Å². The van der Waals surface area contributed by atoms with Gasteiger partial charge in [0, 0.05) is 47.1 Å². The van der Waals surface area contributed by atoms with Crippen molar-refractivity contribution < 1.29 is 9.53 Å². The molecule has 0 radical (unpaired) electrons. The SMILES string of the molecule is Cc1ccccc1-n1c(SCC(=O)Nc2ccc(N3CCOCC3)cc2)nnc1-c1c[nH]c2ccccc12. The lowest BCUT2D eigenvalue weighted by molar-refractivity contribution is -0.113.